The lowest BCUT2D eigenvalue weighted by atomic mass is 10.1. The summed E-state index contributed by atoms with van der Waals surface area (Å²) in [6.45, 7) is 0. The van der Waals surface area contributed by atoms with Gasteiger partial charge in [-0.1, -0.05) is 41.0 Å². The van der Waals surface area contributed by atoms with Crippen LogP contribution in [0.5, 0.6) is 0 Å². The van der Waals surface area contributed by atoms with E-state index in [1.165, 1.54) is 36.2 Å². The van der Waals surface area contributed by atoms with E-state index in [4.69, 9.17) is 23.2 Å². The Balaban J connectivity index is 2.03. The lowest BCUT2D eigenvalue weighted by molar-refractivity contribution is -0.117. The Kier molecular flexibility index (Phi) is 6.48. The lowest BCUT2D eigenvalue weighted by Crippen LogP contribution is -2.31. The van der Waals surface area contributed by atoms with Gasteiger partial charge >= 0.3 is 0 Å². The molecule has 0 saturated carbocycles. The van der Waals surface area contributed by atoms with Crippen LogP contribution in [0.15, 0.2) is 53.1 Å². The molecule has 1 fully saturated rings. The smallest absolute Gasteiger partial charge is 0.264 e. The van der Waals surface area contributed by atoms with E-state index in [1.807, 2.05) is 6.07 Å². The molecule has 0 bridgehead atoms. The second-order valence-corrected chi connectivity index (χ2v) is 8.09. The van der Waals surface area contributed by atoms with Crippen LogP contribution >= 0.6 is 35.0 Å². The van der Waals surface area contributed by atoms with E-state index in [0.717, 1.165) is 17.3 Å². The number of rotatable bonds is 4. The van der Waals surface area contributed by atoms with Gasteiger partial charge in [-0.15, -0.1) is 0 Å². The van der Waals surface area contributed by atoms with Gasteiger partial charge in [0, 0.05) is 12.7 Å². The minimum atomic E-state index is -0.606. The Hall–Kier alpha value is -2.53. The summed E-state index contributed by atoms with van der Waals surface area (Å²) < 4.78 is 13.3. The Morgan fingerprint density at radius 3 is 2.52 bits per heavy atom. The van der Waals surface area contributed by atoms with Crippen LogP contribution in [0.25, 0.3) is 0 Å². The number of thioether (sulfide) groups is 1. The maximum atomic E-state index is 13.3. The van der Waals surface area contributed by atoms with Gasteiger partial charge in [-0.2, -0.15) is 5.26 Å². The summed E-state index contributed by atoms with van der Waals surface area (Å²) in [6, 6.07) is 12.2. The van der Waals surface area contributed by atoms with Crippen LogP contribution in [0.2, 0.25) is 10.0 Å². The monoisotopic (exact) mass is 449 g/mol. The number of carbonyl (C=O) groups excluding carboxylic acids is 2. The van der Waals surface area contributed by atoms with Gasteiger partial charge in [0.15, 0.2) is 0 Å². The molecular formula is C20H14Cl2FN3O2S. The van der Waals surface area contributed by atoms with Gasteiger partial charge in [0.2, 0.25) is 5.91 Å². The van der Waals surface area contributed by atoms with Crippen molar-refractivity contribution in [3.8, 4) is 6.07 Å². The molecule has 0 aromatic heterocycles. The summed E-state index contributed by atoms with van der Waals surface area (Å²) in [6.07, 6.45) is 0.314. The van der Waals surface area contributed by atoms with E-state index >= 15 is 0 Å². The number of carbonyl (C=O) groups is 2. The molecule has 9 heteroatoms. The number of halogens is 3. The second-order valence-electron chi connectivity index (χ2n) is 6.08. The van der Waals surface area contributed by atoms with E-state index < -0.39 is 17.0 Å². The number of nitriles is 1. The number of anilines is 1. The molecule has 1 unspecified atom stereocenters. The molecule has 1 N–H and O–H groups in total. The molecule has 29 heavy (non-hydrogen) atoms. The first-order valence-corrected chi connectivity index (χ1v) is 10.1. The molecule has 0 spiro atoms. The number of hydrogen-bond donors (Lipinski definition) is 1. The van der Waals surface area contributed by atoms with Gasteiger partial charge in [-0.25, -0.2) is 4.39 Å². The van der Waals surface area contributed by atoms with Crippen LogP contribution in [-0.4, -0.2) is 24.1 Å². The molecule has 3 rings (SSSR count). The van der Waals surface area contributed by atoms with E-state index in [0.29, 0.717) is 22.2 Å². The third-order valence-electron chi connectivity index (χ3n) is 4.22. The van der Waals surface area contributed by atoms with E-state index in [2.05, 4.69) is 5.32 Å². The van der Waals surface area contributed by atoms with Crippen molar-refractivity contribution in [1.82, 2.24) is 5.32 Å². The minimum absolute atomic E-state index is 0.188. The molecule has 0 aliphatic carbocycles. The molecule has 2 amide bonds. The molecule has 5 nitrogen and oxygen atoms in total. The highest BCUT2D eigenvalue weighted by atomic mass is 35.5. The SMILES string of the molecule is CNC(=O)C(C#N)=C1SC(Cc2ccc(Cl)c(Cl)c2)C(=O)N1c1ccc(F)cc1. The van der Waals surface area contributed by atoms with Crippen molar-refractivity contribution >= 4 is 52.5 Å². The number of nitrogens with one attached hydrogen (secondary N) is 1. The van der Waals surface area contributed by atoms with Crippen molar-refractivity contribution in [3.63, 3.8) is 0 Å². The zero-order valence-corrected chi connectivity index (χ0v) is 17.4. The molecule has 1 atom stereocenters. The third kappa shape index (κ3) is 4.40. The highest BCUT2D eigenvalue weighted by molar-refractivity contribution is 8.05. The summed E-state index contributed by atoms with van der Waals surface area (Å²) in [4.78, 5) is 26.6. The van der Waals surface area contributed by atoms with Crippen molar-refractivity contribution in [3.05, 3.63) is 74.5 Å². The van der Waals surface area contributed by atoms with Crippen LogP contribution in [0.3, 0.4) is 0 Å². The molecule has 2 aromatic rings. The van der Waals surface area contributed by atoms with Crippen molar-refractivity contribution in [2.45, 2.75) is 11.7 Å². The molecule has 1 heterocycles. The first-order chi connectivity index (χ1) is 13.8. The molecule has 1 aliphatic heterocycles. The van der Waals surface area contributed by atoms with E-state index in [9.17, 15) is 19.2 Å². The first kappa shape index (κ1) is 21.2. The Bertz CT molecular complexity index is 1050. The minimum Gasteiger partial charge on any atom is -0.354 e. The highest BCUT2D eigenvalue weighted by Crippen LogP contribution is 2.42. The largest absolute Gasteiger partial charge is 0.354 e. The molecule has 1 aliphatic rings. The van der Waals surface area contributed by atoms with Crippen molar-refractivity contribution in [2.75, 3.05) is 11.9 Å². The predicted octanol–water partition coefficient (Wildman–Crippen LogP) is 4.30. The Morgan fingerprint density at radius 1 is 1.24 bits per heavy atom. The summed E-state index contributed by atoms with van der Waals surface area (Å²) >= 11 is 13.1. The molecule has 148 valence electrons. The normalized spacial score (nSPS) is 17.8. The maximum Gasteiger partial charge on any atom is 0.264 e. The summed E-state index contributed by atoms with van der Waals surface area (Å²) in [7, 11) is 1.40. The molecule has 1 saturated heterocycles. The third-order valence-corrected chi connectivity index (χ3v) is 6.22. The topological polar surface area (TPSA) is 73.2 Å². The van der Waals surface area contributed by atoms with Gasteiger partial charge < -0.3 is 5.32 Å². The fraction of sp³-hybridized carbons (Fsp3) is 0.150. The average molecular weight is 450 g/mol. The standard InChI is InChI=1S/C20H14Cl2FN3O2S/c1-25-18(27)14(10-24)20-26(13-5-3-12(23)4-6-13)19(28)17(29-20)9-11-2-7-15(21)16(22)8-11/h2-8,17H,9H2,1H3,(H,25,27). The number of benzene rings is 2. The van der Waals surface area contributed by atoms with Crippen LogP contribution in [0, 0.1) is 17.1 Å². The maximum absolute atomic E-state index is 13.3. The molecular weight excluding hydrogens is 436 g/mol. The first-order valence-electron chi connectivity index (χ1n) is 8.42. The number of likely N-dealkylation sites (N-methyl/N-ethyl adjacent to an activating group) is 1. The Labute approximate surface area is 181 Å². The summed E-state index contributed by atoms with van der Waals surface area (Å²) in [5.41, 5.74) is 0.961. The van der Waals surface area contributed by atoms with Crippen molar-refractivity contribution in [2.24, 2.45) is 0 Å². The molecule has 2 aromatic carbocycles. The van der Waals surface area contributed by atoms with Crippen molar-refractivity contribution in [1.29, 1.82) is 5.26 Å². The molecule has 0 radical (unpaired) electrons. The van der Waals surface area contributed by atoms with Gasteiger partial charge in [0.25, 0.3) is 5.91 Å². The summed E-state index contributed by atoms with van der Waals surface area (Å²) in [5.74, 6) is -1.39. The van der Waals surface area contributed by atoms with E-state index in [1.54, 1.807) is 18.2 Å². The van der Waals surface area contributed by atoms with Crippen molar-refractivity contribution < 1.29 is 14.0 Å². The van der Waals surface area contributed by atoms with Crippen LogP contribution in [0.4, 0.5) is 10.1 Å². The average Bonchev–Trinajstić information content (AvgIpc) is 3.01. The van der Waals surface area contributed by atoms with Gasteiger partial charge in [-0.05, 0) is 48.4 Å². The van der Waals surface area contributed by atoms with Gasteiger partial charge in [-0.3, -0.25) is 14.5 Å². The van der Waals surface area contributed by atoms with E-state index in [-0.39, 0.29) is 16.5 Å². The highest BCUT2D eigenvalue weighted by Gasteiger charge is 2.40. The van der Waals surface area contributed by atoms with Gasteiger partial charge in [0.05, 0.1) is 15.3 Å². The fourth-order valence-corrected chi connectivity index (χ4v) is 4.45. The van der Waals surface area contributed by atoms with Gasteiger partial charge in [0.1, 0.15) is 22.5 Å². The zero-order chi connectivity index (χ0) is 21.1. The van der Waals surface area contributed by atoms with Crippen LogP contribution < -0.4 is 10.2 Å². The summed E-state index contributed by atoms with van der Waals surface area (Å²) in [5, 5.41) is 12.3. The quantitative estimate of drug-likeness (QED) is 0.557. The number of nitrogens with zero attached hydrogens (tertiary/aromatic N) is 2. The fourth-order valence-electron chi connectivity index (χ4n) is 2.82. The predicted molar refractivity (Wildman–Crippen MR) is 112 cm³/mol. The number of amides is 2. The second kappa shape index (κ2) is 8.87. The van der Waals surface area contributed by atoms with Crippen LogP contribution in [0.1, 0.15) is 5.56 Å². The van der Waals surface area contributed by atoms with Crippen LogP contribution in [-0.2, 0) is 16.0 Å². The zero-order valence-electron chi connectivity index (χ0n) is 15.1. The number of hydrogen-bond acceptors (Lipinski definition) is 4. The Morgan fingerprint density at radius 2 is 1.93 bits per heavy atom. The lowest BCUT2D eigenvalue weighted by Gasteiger charge is -2.18.